The predicted octanol–water partition coefficient (Wildman–Crippen LogP) is -0.0910. The Morgan fingerprint density at radius 3 is 2.25 bits per heavy atom. The molecule has 12 heavy (non-hydrogen) atoms. The van der Waals surface area contributed by atoms with Crippen molar-refractivity contribution in [3.05, 3.63) is 0 Å². The highest BCUT2D eigenvalue weighted by Gasteiger charge is 2.14. The lowest BCUT2D eigenvalue weighted by Gasteiger charge is -2.13. The maximum atomic E-state index is 11.0. The van der Waals surface area contributed by atoms with Gasteiger partial charge in [-0.15, -0.1) is 0 Å². The van der Waals surface area contributed by atoms with E-state index in [9.17, 15) is 8.42 Å². The first-order chi connectivity index (χ1) is 5.37. The predicted molar refractivity (Wildman–Crippen MR) is 50.3 cm³/mol. The van der Waals surface area contributed by atoms with E-state index in [4.69, 9.17) is 5.73 Å². The van der Waals surface area contributed by atoms with Crippen LogP contribution in [0.4, 0.5) is 0 Å². The SMILES string of the molecule is CNS(=O)(=O)C[C@@H](N)CC(C)C. The highest BCUT2D eigenvalue weighted by molar-refractivity contribution is 7.89. The summed E-state index contributed by atoms with van der Waals surface area (Å²) in [5.41, 5.74) is 5.62. The van der Waals surface area contributed by atoms with Crippen LogP contribution < -0.4 is 10.5 Å². The molecule has 0 fully saturated rings. The molecular weight excluding hydrogens is 176 g/mol. The zero-order chi connectivity index (χ0) is 9.78. The summed E-state index contributed by atoms with van der Waals surface area (Å²) < 4.78 is 24.2. The number of hydrogen-bond donors (Lipinski definition) is 2. The Kier molecular flexibility index (Phi) is 4.74. The molecule has 0 aliphatic carbocycles. The Morgan fingerprint density at radius 1 is 1.42 bits per heavy atom. The van der Waals surface area contributed by atoms with Gasteiger partial charge in [-0.25, -0.2) is 13.1 Å². The maximum absolute atomic E-state index is 11.0. The Hall–Kier alpha value is -0.130. The molecule has 1 atom stereocenters. The summed E-state index contributed by atoms with van der Waals surface area (Å²) in [4.78, 5) is 0. The lowest BCUT2D eigenvalue weighted by molar-refractivity contribution is 0.511. The molecule has 0 saturated heterocycles. The first kappa shape index (κ1) is 11.9. The number of hydrogen-bond acceptors (Lipinski definition) is 3. The normalized spacial score (nSPS) is 15.1. The van der Waals surface area contributed by atoms with Crippen molar-refractivity contribution in [3.63, 3.8) is 0 Å². The fourth-order valence-electron chi connectivity index (χ4n) is 1.04. The highest BCUT2D eigenvalue weighted by atomic mass is 32.2. The van der Waals surface area contributed by atoms with Crippen molar-refractivity contribution < 1.29 is 8.42 Å². The molecule has 0 radical (unpaired) electrons. The van der Waals surface area contributed by atoms with Crippen LogP contribution in [0, 0.1) is 5.92 Å². The van der Waals surface area contributed by atoms with Gasteiger partial charge in [0, 0.05) is 6.04 Å². The third-order valence-electron chi connectivity index (χ3n) is 1.52. The van der Waals surface area contributed by atoms with Crippen LogP contribution in [0.5, 0.6) is 0 Å². The fourth-order valence-corrected chi connectivity index (χ4v) is 1.91. The number of nitrogens with one attached hydrogen (secondary N) is 1. The van der Waals surface area contributed by atoms with Gasteiger partial charge in [0.1, 0.15) is 0 Å². The van der Waals surface area contributed by atoms with Gasteiger partial charge in [-0.2, -0.15) is 0 Å². The molecule has 0 unspecified atom stereocenters. The van der Waals surface area contributed by atoms with E-state index in [-0.39, 0.29) is 11.8 Å². The van der Waals surface area contributed by atoms with E-state index in [1.807, 2.05) is 13.8 Å². The molecule has 0 bridgehead atoms. The van der Waals surface area contributed by atoms with E-state index < -0.39 is 10.0 Å². The maximum Gasteiger partial charge on any atom is 0.212 e. The Labute approximate surface area is 74.6 Å². The van der Waals surface area contributed by atoms with E-state index in [2.05, 4.69) is 4.72 Å². The van der Waals surface area contributed by atoms with E-state index in [1.54, 1.807) is 0 Å². The smallest absolute Gasteiger partial charge is 0.212 e. The van der Waals surface area contributed by atoms with Crippen molar-refractivity contribution in [1.82, 2.24) is 4.72 Å². The molecule has 0 aromatic carbocycles. The van der Waals surface area contributed by atoms with Crippen molar-refractivity contribution in [2.45, 2.75) is 26.3 Å². The molecule has 0 aliphatic heterocycles. The van der Waals surface area contributed by atoms with Crippen LogP contribution in [0.1, 0.15) is 20.3 Å². The Morgan fingerprint density at radius 2 is 1.92 bits per heavy atom. The molecule has 0 spiro atoms. The molecule has 0 amide bonds. The van der Waals surface area contributed by atoms with E-state index in [1.165, 1.54) is 7.05 Å². The second kappa shape index (κ2) is 4.79. The van der Waals surface area contributed by atoms with Crippen LogP contribution in [-0.2, 0) is 10.0 Å². The van der Waals surface area contributed by atoms with Crippen LogP contribution in [-0.4, -0.2) is 27.3 Å². The second-order valence-corrected chi connectivity index (χ2v) is 5.35. The average molecular weight is 194 g/mol. The zero-order valence-corrected chi connectivity index (χ0v) is 8.69. The van der Waals surface area contributed by atoms with Crippen molar-refractivity contribution in [2.24, 2.45) is 11.7 Å². The molecule has 0 aromatic heterocycles. The summed E-state index contributed by atoms with van der Waals surface area (Å²) in [6.45, 7) is 4.04. The number of nitrogens with two attached hydrogens (primary N) is 1. The third-order valence-corrected chi connectivity index (χ3v) is 3.01. The second-order valence-electron chi connectivity index (χ2n) is 3.38. The van der Waals surface area contributed by atoms with Gasteiger partial charge in [0.2, 0.25) is 10.0 Å². The minimum Gasteiger partial charge on any atom is -0.327 e. The van der Waals surface area contributed by atoms with Gasteiger partial charge in [-0.1, -0.05) is 13.8 Å². The number of rotatable bonds is 5. The molecule has 0 aromatic rings. The molecule has 0 saturated carbocycles. The van der Waals surface area contributed by atoms with Crippen molar-refractivity contribution in [3.8, 4) is 0 Å². The molecule has 3 N–H and O–H groups in total. The van der Waals surface area contributed by atoms with Gasteiger partial charge < -0.3 is 5.73 Å². The molecule has 74 valence electrons. The first-order valence-electron chi connectivity index (χ1n) is 4.04. The van der Waals surface area contributed by atoms with Gasteiger partial charge >= 0.3 is 0 Å². The summed E-state index contributed by atoms with van der Waals surface area (Å²) in [5.74, 6) is 0.453. The number of sulfonamides is 1. The zero-order valence-electron chi connectivity index (χ0n) is 7.87. The van der Waals surface area contributed by atoms with Crippen molar-refractivity contribution in [1.29, 1.82) is 0 Å². The quantitative estimate of drug-likeness (QED) is 0.642. The first-order valence-corrected chi connectivity index (χ1v) is 5.69. The largest absolute Gasteiger partial charge is 0.327 e. The lowest BCUT2D eigenvalue weighted by atomic mass is 10.1. The molecule has 5 heteroatoms. The topological polar surface area (TPSA) is 72.2 Å². The summed E-state index contributed by atoms with van der Waals surface area (Å²) in [5, 5.41) is 0. The van der Waals surface area contributed by atoms with Gasteiger partial charge in [0.15, 0.2) is 0 Å². The standard InChI is InChI=1S/C7H18N2O2S/c1-6(2)4-7(8)5-12(10,11)9-3/h6-7,9H,4-5,8H2,1-3H3/t7-/m0/s1. The minimum absolute atomic E-state index is 0.0156. The molecule has 0 aliphatic rings. The van der Waals surface area contributed by atoms with Gasteiger partial charge in [0.25, 0.3) is 0 Å². The van der Waals surface area contributed by atoms with Crippen molar-refractivity contribution >= 4 is 10.0 Å². The minimum atomic E-state index is -3.14. The summed E-state index contributed by atoms with van der Waals surface area (Å²) in [6.07, 6.45) is 0.737. The summed E-state index contributed by atoms with van der Waals surface area (Å²) >= 11 is 0. The Balaban J connectivity index is 3.93. The van der Waals surface area contributed by atoms with Crippen LogP contribution in [0.3, 0.4) is 0 Å². The molecule has 4 nitrogen and oxygen atoms in total. The van der Waals surface area contributed by atoms with Crippen LogP contribution >= 0.6 is 0 Å². The van der Waals surface area contributed by atoms with Crippen molar-refractivity contribution in [2.75, 3.05) is 12.8 Å². The molecule has 0 rings (SSSR count). The van der Waals surface area contributed by atoms with Gasteiger partial charge in [-0.05, 0) is 19.4 Å². The van der Waals surface area contributed by atoms with Crippen LogP contribution in [0.15, 0.2) is 0 Å². The van der Waals surface area contributed by atoms with Crippen LogP contribution in [0.25, 0.3) is 0 Å². The van der Waals surface area contributed by atoms with Gasteiger partial charge in [-0.3, -0.25) is 0 Å². The molecule has 0 heterocycles. The highest BCUT2D eigenvalue weighted by Crippen LogP contribution is 2.03. The average Bonchev–Trinajstić information content (AvgIpc) is 1.84. The van der Waals surface area contributed by atoms with E-state index in [0.717, 1.165) is 6.42 Å². The fraction of sp³-hybridized carbons (Fsp3) is 1.00. The lowest BCUT2D eigenvalue weighted by Crippen LogP contribution is -2.35. The van der Waals surface area contributed by atoms with Gasteiger partial charge in [0.05, 0.1) is 5.75 Å². The summed E-state index contributed by atoms with van der Waals surface area (Å²) in [7, 11) is -1.74. The molecular formula is C7H18N2O2S. The monoisotopic (exact) mass is 194 g/mol. The van der Waals surface area contributed by atoms with Crippen LogP contribution in [0.2, 0.25) is 0 Å². The van der Waals surface area contributed by atoms with E-state index >= 15 is 0 Å². The summed E-state index contributed by atoms with van der Waals surface area (Å²) in [6, 6.07) is -0.262. The Bertz CT molecular complexity index is 211. The van der Waals surface area contributed by atoms with E-state index in [0.29, 0.717) is 5.92 Å². The third kappa shape index (κ3) is 5.51.